The largest absolute Gasteiger partial charge is 0.573 e. The predicted octanol–water partition coefficient (Wildman–Crippen LogP) is 4.59. The van der Waals surface area contributed by atoms with Gasteiger partial charge >= 0.3 is 6.36 Å². The van der Waals surface area contributed by atoms with Crippen LogP contribution < -0.4 is 0 Å². The van der Waals surface area contributed by atoms with Gasteiger partial charge in [-0.2, -0.15) is 0 Å². The maximum absolute atomic E-state index is 12.3. The molecule has 0 unspecified atom stereocenters. The summed E-state index contributed by atoms with van der Waals surface area (Å²) in [5.41, 5.74) is 2.46. The zero-order valence-electron chi connectivity index (χ0n) is 9.92. The first kappa shape index (κ1) is 12.7. The van der Waals surface area contributed by atoms with Crippen LogP contribution in [0.5, 0.6) is 0 Å². The molecule has 0 saturated heterocycles. The van der Waals surface area contributed by atoms with Crippen LogP contribution in [0.15, 0.2) is 42.2 Å². The zero-order valence-corrected chi connectivity index (χ0v) is 9.92. The average Bonchev–Trinajstić information content (AvgIpc) is 2.29. The highest BCUT2D eigenvalue weighted by Gasteiger charge is 2.33. The van der Waals surface area contributed by atoms with E-state index in [2.05, 4.69) is 4.74 Å². The highest BCUT2D eigenvalue weighted by molar-refractivity contribution is 5.70. The van der Waals surface area contributed by atoms with Crippen LogP contribution in [0.3, 0.4) is 0 Å². The fourth-order valence-electron chi connectivity index (χ4n) is 1.90. The van der Waals surface area contributed by atoms with Crippen molar-refractivity contribution >= 4 is 5.57 Å². The molecular weight excluding hydrogens is 241 g/mol. The molecule has 0 aromatic heterocycles. The summed E-state index contributed by atoms with van der Waals surface area (Å²) >= 11 is 0. The molecule has 0 heterocycles. The van der Waals surface area contributed by atoms with Gasteiger partial charge in [0.2, 0.25) is 0 Å². The monoisotopic (exact) mass is 254 g/mol. The molecule has 0 atom stereocenters. The topological polar surface area (TPSA) is 9.23 Å². The van der Waals surface area contributed by atoms with E-state index in [4.69, 9.17) is 0 Å². The molecule has 0 bridgehead atoms. The minimum atomic E-state index is -4.65. The molecule has 0 N–H and O–H groups in total. The molecule has 18 heavy (non-hydrogen) atoms. The van der Waals surface area contributed by atoms with Gasteiger partial charge in [0.25, 0.3) is 0 Å². The average molecular weight is 254 g/mol. The first-order chi connectivity index (χ1) is 8.46. The summed E-state index contributed by atoms with van der Waals surface area (Å²) in [6, 6.07) is 7.41. The highest BCUT2D eigenvalue weighted by Crippen LogP contribution is 2.33. The van der Waals surface area contributed by atoms with Gasteiger partial charge in [0, 0.05) is 5.57 Å². The number of benzene rings is 1. The van der Waals surface area contributed by atoms with Gasteiger partial charge in [-0.3, -0.25) is 0 Å². The molecule has 1 nitrogen and oxygen atoms in total. The molecule has 1 aliphatic carbocycles. The lowest BCUT2D eigenvalue weighted by Crippen LogP contribution is -2.14. The highest BCUT2D eigenvalue weighted by atomic mass is 19.4. The van der Waals surface area contributed by atoms with Crippen LogP contribution in [0.4, 0.5) is 13.2 Å². The molecule has 0 radical (unpaired) electrons. The Hall–Kier alpha value is -1.71. The lowest BCUT2D eigenvalue weighted by atomic mass is 9.95. The Labute approximate surface area is 104 Å². The van der Waals surface area contributed by atoms with Crippen molar-refractivity contribution in [3.63, 3.8) is 0 Å². The lowest BCUT2D eigenvalue weighted by molar-refractivity contribution is -0.303. The third kappa shape index (κ3) is 3.15. The SMILES string of the molecule is Cc1ccc(C2=C(OC(F)(F)F)C=CCC2)cc1. The smallest absolute Gasteiger partial charge is 0.405 e. The maximum Gasteiger partial charge on any atom is 0.573 e. The molecule has 0 aliphatic heterocycles. The standard InChI is InChI=1S/C14H13F3O/c1-10-6-8-11(9-7-10)12-4-2-3-5-13(12)18-14(15,16)17/h3,5-9H,2,4H2,1H3. The van der Waals surface area contributed by atoms with E-state index in [1.807, 2.05) is 31.2 Å². The Morgan fingerprint density at radius 3 is 2.39 bits per heavy atom. The lowest BCUT2D eigenvalue weighted by Gasteiger charge is -2.18. The van der Waals surface area contributed by atoms with Crippen LogP contribution >= 0.6 is 0 Å². The maximum atomic E-state index is 12.3. The number of hydrogen-bond donors (Lipinski definition) is 0. The fourth-order valence-corrected chi connectivity index (χ4v) is 1.90. The third-order valence-electron chi connectivity index (χ3n) is 2.75. The van der Waals surface area contributed by atoms with E-state index in [-0.39, 0.29) is 5.76 Å². The van der Waals surface area contributed by atoms with Gasteiger partial charge in [-0.05, 0) is 31.4 Å². The molecule has 0 saturated carbocycles. The number of hydrogen-bond acceptors (Lipinski definition) is 1. The summed E-state index contributed by atoms with van der Waals surface area (Å²) in [4.78, 5) is 0. The van der Waals surface area contributed by atoms with Crippen molar-refractivity contribution in [3.8, 4) is 0 Å². The summed E-state index contributed by atoms with van der Waals surface area (Å²) in [6.07, 6.45) is -0.267. The van der Waals surface area contributed by atoms with Crippen LogP contribution in [-0.2, 0) is 4.74 Å². The third-order valence-corrected chi connectivity index (χ3v) is 2.75. The first-order valence-corrected chi connectivity index (χ1v) is 5.68. The Kier molecular flexibility index (Phi) is 3.45. The molecule has 2 rings (SSSR count). The van der Waals surface area contributed by atoms with Gasteiger partial charge in [-0.25, -0.2) is 0 Å². The first-order valence-electron chi connectivity index (χ1n) is 5.68. The van der Waals surface area contributed by atoms with Crippen molar-refractivity contribution < 1.29 is 17.9 Å². The van der Waals surface area contributed by atoms with Gasteiger partial charge in [0.1, 0.15) is 5.76 Å². The van der Waals surface area contributed by atoms with E-state index < -0.39 is 6.36 Å². The molecule has 1 aliphatic rings. The zero-order chi connectivity index (χ0) is 13.2. The van der Waals surface area contributed by atoms with E-state index in [0.717, 1.165) is 17.5 Å². The van der Waals surface area contributed by atoms with Crippen molar-refractivity contribution in [2.45, 2.75) is 26.1 Å². The molecule has 1 aromatic rings. The summed E-state index contributed by atoms with van der Waals surface area (Å²) in [5.74, 6) is -0.0994. The summed E-state index contributed by atoms with van der Waals surface area (Å²) in [5, 5.41) is 0. The molecule has 0 fully saturated rings. The number of aryl methyl sites for hydroxylation is 1. The number of rotatable bonds is 2. The Morgan fingerprint density at radius 2 is 1.78 bits per heavy atom. The second-order valence-electron chi connectivity index (χ2n) is 4.20. The predicted molar refractivity (Wildman–Crippen MR) is 63.6 cm³/mol. The number of ether oxygens (including phenoxy) is 1. The van der Waals surface area contributed by atoms with E-state index in [9.17, 15) is 13.2 Å². The van der Waals surface area contributed by atoms with Gasteiger partial charge in [0.15, 0.2) is 0 Å². The van der Waals surface area contributed by atoms with E-state index in [0.29, 0.717) is 12.0 Å². The van der Waals surface area contributed by atoms with E-state index >= 15 is 0 Å². The Morgan fingerprint density at radius 1 is 1.11 bits per heavy atom. The minimum absolute atomic E-state index is 0.0994. The van der Waals surface area contributed by atoms with Gasteiger partial charge in [-0.1, -0.05) is 35.9 Å². The van der Waals surface area contributed by atoms with Gasteiger partial charge in [0.05, 0.1) is 0 Å². The van der Waals surface area contributed by atoms with Crippen molar-refractivity contribution in [2.24, 2.45) is 0 Å². The van der Waals surface area contributed by atoms with Crippen LogP contribution in [-0.4, -0.2) is 6.36 Å². The fraction of sp³-hybridized carbons (Fsp3) is 0.286. The van der Waals surface area contributed by atoms with Crippen molar-refractivity contribution in [1.82, 2.24) is 0 Å². The molecule has 1 aromatic carbocycles. The summed E-state index contributed by atoms with van der Waals surface area (Å²) < 4.78 is 41.0. The van der Waals surface area contributed by atoms with Crippen molar-refractivity contribution in [3.05, 3.63) is 53.3 Å². The summed E-state index contributed by atoms with van der Waals surface area (Å²) in [6.45, 7) is 1.94. The van der Waals surface area contributed by atoms with Gasteiger partial charge in [-0.15, -0.1) is 13.2 Å². The summed E-state index contributed by atoms with van der Waals surface area (Å²) in [7, 11) is 0. The van der Waals surface area contributed by atoms with Crippen LogP contribution in [0.25, 0.3) is 5.57 Å². The minimum Gasteiger partial charge on any atom is -0.405 e. The number of allylic oxidation sites excluding steroid dienone is 3. The second kappa shape index (κ2) is 4.88. The van der Waals surface area contributed by atoms with Crippen LogP contribution in [0.1, 0.15) is 24.0 Å². The Balaban J connectivity index is 2.36. The van der Waals surface area contributed by atoms with Crippen LogP contribution in [0, 0.1) is 6.92 Å². The Bertz CT molecular complexity index is 481. The quantitative estimate of drug-likeness (QED) is 0.749. The van der Waals surface area contributed by atoms with Crippen molar-refractivity contribution in [1.29, 1.82) is 0 Å². The molecule has 4 heteroatoms. The van der Waals surface area contributed by atoms with E-state index in [1.54, 1.807) is 6.08 Å². The van der Waals surface area contributed by atoms with E-state index in [1.165, 1.54) is 6.08 Å². The second-order valence-corrected chi connectivity index (χ2v) is 4.20. The van der Waals surface area contributed by atoms with Crippen LogP contribution in [0.2, 0.25) is 0 Å². The molecule has 96 valence electrons. The molecule has 0 amide bonds. The number of alkyl halides is 3. The normalized spacial score (nSPS) is 16.0. The molecule has 0 spiro atoms. The van der Waals surface area contributed by atoms with Gasteiger partial charge < -0.3 is 4.74 Å². The molecular formula is C14H13F3O. The van der Waals surface area contributed by atoms with Crippen molar-refractivity contribution in [2.75, 3.05) is 0 Å². The number of halogens is 3.